The van der Waals surface area contributed by atoms with Crippen LogP contribution in [0.25, 0.3) is 0 Å². The Hall–Kier alpha value is -1.48. The lowest BCUT2D eigenvalue weighted by Crippen LogP contribution is -2.34. The maximum absolute atomic E-state index is 12.8. The maximum atomic E-state index is 12.8. The first-order valence-electron chi connectivity index (χ1n) is 8.16. The molecule has 0 radical (unpaired) electrons. The summed E-state index contributed by atoms with van der Waals surface area (Å²) in [6.07, 6.45) is 1.15. The molecule has 1 fully saturated rings. The van der Waals surface area contributed by atoms with Gasteiger partial charge in [0, 0.05) is 38.3 Å². The number of carbonyl (C=O) groups excluding carboxylic acids is 1. The van der Waals surface area contributed by atoms with Gasteiger partial charge < -0.3 is 15.5 Å². The molecule has 7 nitrogen and oxygen atoms in total. The van der Waals surface area contributed by atoms with Crippen LogP contribution in [0.15, 0.2) is 29.2 Å². The van der Waals surface area contributed by atoms with Crippen LogP contribution >= 0.6 is 0 Å². The minimum absolute atomic E-state index is 0.143. The number of benzene rings is 1. The average Bonchev–Trinajstić information content (AvgIpc) is 2.78. The number of amides is 1. The Morgan fingerprint density at radius 1 is 1.21 bits per heavy atom. The highest BCUT2D eigenvalue weighted by atomic mass is 32.2. The van der Waals surface area contributed by atoms with Gasteiger partial charge in [-0.2, -0.15) is 4.31 Å². The molecule has 1 aromatic carbocycles. The van der Waals surface area contributed by atoms with Gasteiger partial charge in [-0.15, -0.1) is 0 Å². The van der Waals surface area contributed by atoms with Crippen molar-refractivity contribution in [3.8, 4) is 0 Å². The molecule has 1 saturated heterocycles. The van der Waals surface area contributed by atoms with Gasteiger partial charge >= 0.3 is 0 Å². The summed E-state index contributed by atoms with van der Waals surface area (Å²) in [6, 6.07) is 6.46. The molecule has 2 N–H and O–H groups in total. The molecular formula is C16H26N4O3S. The number of nitrogens with zero attached hydrogens (tertiary/aromatic N) is 2. The van der Waals surface area contributed by atoms with Crippen molar-refractivity contribution in [2.45, 2.75) is 17.7 Å². The number of hydrogen-bond acceptors (Lipinski definition) is 5. The van der Waals surface area contributed by atoms with Crippen molar-refractivity contribution in [2.24, 2.45) is 0 Å². The fourth-order valence-electron chi connectivity index (χ4n) is 2.61. The van der Waals surface area contributed by atoms with E-state index in [1.807, 2.05) is 7.05 Å². The molecule has 1 amide bonds. The van der Waals surface area contributed by atoms with Crippen LogP contribution in [-0.2, 0) is 14.8 Å². The summed E-state index contributed by atoms with van der Waals surface area (Å²) >= 11 is 0. The van der Waals surface area contributed by atoms with E-state index in [0.29, 0.717) is 31.7 Å². The van der Waals surface area contributed by atoms with Gasteiger partial charge in [-0.3, -0.25) is 4.79 Å². The number of sulfonamides is 1. The molecule has 24 heavy (non-hydrogen) atoms. The number of carbonyl (C=O) groups is 1. The predicted molar refractivity (Wildman–Crippen MR) is 94.5 cm³/mol. The summed E-state index contributed by atoms with van der Waals surface area (Å²) in [7, 11) is 0.233. The molecule has 0 atom stereocenters. The second kappa shape index (κ2) is 8.57. The zero-order valence-electron chi connectivity index (χ0n) is 14.3. The summed E-state index contributed by atoms with van der Waals surface area (Å²) in [5.41, 5.74) is 0.504. The normalized spacial score (nSPS) is 17.4. The van der Waals surface area contributed by atoms with E-state index in [2.05, 4.69) is 15.5 Å². The van der Waals surface area contributed by atoms with Crippen LogP contribution in [0.2, 0.25) is 0 Å². The molecule has 134 valence electrons. The highest BCUT2D eigenvalue weighted by Crippen LogP contribution is 2.21. The maximum Gasteiger partial charge on any atom is 0.243 e. The van der Waals surface area contributed by atoms with Crippen molar-refractivity contribution in [2.75, 3.05) is 52.1 Å². The van der Waals surface area contributed by atoms with E-state index >= 15 is 0 Å². The molecule has 1 aliphatic heterocycles. The molecule has 8 heteroatoms. The van der Waals surface area contributed by atoms with E-state index < -0.39 is 10.0 Å². The number of hydrogen-bond donors (Lipinski definition) is 2. The van der Waals surface area contributed by atoms with Crippen molar-refractivity contribution >= 4 is 21.6 Å². The van der Waals surface area contributed by atoms with Crippen molar-refractivity contribution in [3.05, 3.63) is 24.3 Å². The van der Waals surface area contributed by atoms with Crippen LogP contribution in [0.5, 0.6) is 0 Å². The fourth-order valence-corrected chi connectivity index (χ4v) is 4.12. The summed E-state index contributed by atoms with van der Waals surface area (Å²) in [6.45, 7) is 3.20. The Bertz CT molecular complexity index is 663. The van der Waals surface area contributed by atoms with Crippen LogP contribution in [0.1, 0.15) is 12.8 Å². The molecule has 0 unspecified atom stereocenters. The first kappa shape index (κ1) is 18.9. The van der Waals surface area contributed by atoms with E-state index in [-0.39, 0.29) is 10.8 Å². The number of anilines is 1. The Labute approximate surface area is 144 Å². The monoisotopic (exact) mass is 354 g/mol. The third-order valence-electron chi connectivity index (χ3n) is 4.04. The van der Waals surface area contributed by atoms with Gasteiger partial charge in [-0.05, 0) is 45.3 Å². The first-order valence-corrected chi connectivity index (χ1v) is 9.60. The fraction of sp³-hybridized carbons (Fsp3) is 0.562. The lowest BCUT2D eigenvalue weighted by Gasteiger charge is -2.20. The average molecular weight is 354 g/mol. The number of nitrogens with one attached hydrogen (secondary N) is 2. The van der Waals surface area contributed by atoms with Crippen LogP contribution in [0.4, 0.5) is 5.69 Å². The molecule has 1 aromatic rings. The van der Waals surface area contributed by atoms with Crippen LogP contribution in [0, 0.1) is 0 Å². The predicted octanol–water partition coefficient (Wildman–Crippen LogP) is 0.561. The highest BCUT2D eigenvalue weighted by molar-refractivity contribution is 7.89. The number of rotatable bonds is 6. The largest absolute Gasteiger partial charge is 0.326 e. The van der Waals surface area contributed by atoms with Gasteiger partial charge in [-0.1, -0.05) is 6.07 Å². The Kier molecular flexibility index (Phi) is 6.73. The summed E-state index contributed by atoms with van der Waals surface area (Å²) in [5.74, 6) is -0.143. The second-order valence-corrected chi connectivity index (χ2v) is 7.93. The molecular weight excluding hydrogens is 328 g/mol. The van der Waals surface area contributed by atoms with E-state index in [4.69, 9.17) is 0 Å². The molecule has 0 aliphatic carbocycles. The third-order valence-corrected chi connectivity index (χ3v) is 5.93. The highest BCUT2D eigenvalue weighted by Gasteiger charge is 2.26. The summed E-state index contributed by atoms with van der Waals surface area (Å²) in [5, 5.41) is 5.65. The van der Waals surface area contributed by atoms with Gasteiger partial charge in [0.05, 0.1) is 4.90 Å². The van der Waals surface area contributed by atoms with E-state index in [9.17, 15) is 13.2 Å². The zero-order chi connectivity index (χ0) is 17.6. The Balaban J connectivity index is 2.12. The quantitative estimate of drug-likeness (QED) is 0.780. The van der Waals surface area contributed by atoms with E-state index in [0.717, 1.165) is 19.5 Å². The first-order chi connectivity index (χ1) is 11.4. The molecule has 0 aromatic heterocycles. The standard InChI is InChI=1S/C16H26N4O3S/c1-17-8-7-16(21)18-14-5-3-6-15(13-14)24(22,23)20-10-4-9-19(2)11-12-20/h3,5-6,13,17H,4,7-12H2,1-2H3,(H,18,21). The van der Waals surface area contributed by atoms with Crippen molar-refractivity contribution in [1.82, 2.24) is 14.5 Å². The van der Waals surface area contributed by atoms with Crippen LogP contribution in [0.3, 0.4) is 0 Å². The van der Waals surface area contributed by atoms with E-state index in [1.54, 1.807) is 25.2 Å². The molecule has 2 rings (SSSR count). The van der Waals surface area contributed by atoms with Gasteiger partial charge in [0.25, 0.3) is 0 Å². The zero-order valence-corrected chi connectivity index (χ0v) is 15.1. The minimum Gasteiger partial charge on any atom is -0.326 e. The van der Waals surface area contributed by atoms with Crippen molar-refractivity contribution < 1.29 is 13.2 Å². The minimum atomic E-state index is -3.54. The summed E-state index contributed by atoms with van der Waals surface area (Å²) in [4.78, 5) is 14.2. The number of likely N-dealkylation sites (N-methyl/N-ethyl adjacent to an activating group) is 1. The topological polar surface area (TPSA) is 81.8 Å². The van der Waals surface area contributed by atoms with Crippen LogP contribution < -0.4 is 10.6 Å². The summed E-state index contributed by atoms with van der Waals surface area (Å²) < 4.78 is 27.2. The smallest absolute Gasteiger partial charge is 0.243 e. The van der Waals surface area contributed by atoms with Gasteiger partial charge in [-0.25, -0.2) is 8.42 Å². The second-order valence-electron chi connectivity index (χ2n) is 5.99. The molecule has 1 aliphatic rings. The third kappa shape index (κ3) is 5.01. The molecule has 0 saturated carbocycles. The SMILES string of the molecule is CNCCC(=O)Nc1cccc(S(=O)(=O)N2CCCN(C)CC2)c1. The van der Waals surface area contributed by atoms with Crippen molar-refractivity contribution in [3.63, 3.8) is 0 Å². The molecule has 0 spiro atoms. The van der Waals surface area contributed by atoms with Gasteiger partial charge in [0.2, 0.25) is 15.9 Å². The molecule has 1 heterocycles. The Morgan fingerprint density at radius 2 is 2.00 bits per heavy atom. The van der Waals surface area contributed by atoms with Gasteiger partial charge in [0.1, 0.15) is 0 Å². The lowest BCUT2D eigenvalue weighted by molar-refractivity contribution is -0.116. The van der Waals surface area contributed by atoms with E-state index in [1.165, 1.54) is 10.4 Å². The molecule has 0 bridgehead atoms. The lowest BCUT2D eigenvalue weighted by atomic mass is 10.3. The Morgan fingerprint density at radius 3 is 2.75 bits per heavy atom. The van der Waals surface area contributed by atoms with Crippen LogP contribution in [-0.4, -0.2) is 70.3 Å². The van der Waals surface area contributed by atoms with Crippen molar-refractivity contribution in [1.29, 1.82) is 0 Å². The van der Waals surface area contributed by atoms with Gasteiger partial charge in [0.15, 0.2) is 0 Å².